The van der Waals surface area contributed by atoms with E-state index in [2.05, 4.69) is 55.7 Å². The summed E-state index contributed by atoms with van der Waals surface area (Å²) in [5.41, 5.74) is 2.30. The lowest BCUT2D eigenvalue weighted by Gasteiger charge is -2.25. The molecule has 0 atom stereocenters. The zero-order chi connectivity index (χ0) is 12.3. The fraction of sp³-hybridized carbons (Fsp3) is 0.727. The van der Waals surface area contributed by atoms with E-state index in [1.54, 1.807) is 0 Å². The van der Waals surface area contributed by atoms with E-state index in [4.69, 9.17) is 0 Å². The molecule has 1 rings (SSSR count). The van der Waals surface area contributed by atoms with Gasteiger partial charge in [-0.3, -0.25) is 9.58 Å². The van der Waals surface area contributed by atoms with E-state index in [1.807, 2.05) is 18.7 Å². The highest BCUT2D eigenvalue weighted by molar-refractivity contribution is 9.10. The zero-order valence-electron chi connectivity index (χ0n) is 10.3. The molecule has 0 bridgehead atoms. The van der Waals surface area contributed by atoms with Crippen molar-refractivity contribution in [1.82, 2.24) is 14.7 Å². The van der Waals surface area contributed by atoms with Gasteiger partial charge in [-0.15, -0.1) is 0 Å². The molecule has 0 amide bonds. The molecule has 0 fully saturated rings. The number of hydrogen-bond donors (Lipinski definition) is 0. The van der Waals surface area contributed by atoms with E-state index in [0.717, 1.165) is 28.6 Å². The molecule has 0 aliphatic carbocycles. The molecule has 92 valence electrons. The average molecular weight is 353 g/mol. The number of aromatic nitrogens is 2. The van der Waals surface area contributed by atoms with Crippen LogP contribution in [0.4, 0.5) is 0 Å². The van der Waals surface area contributed by atoms with Gasteiger partial charge in [-0.05, 0) is 36.7 Å². The molecule has 0 N–H and O–H groups in total. The third-order valence-corrected chi connectivity index (χ3v) is 4.10. The van der Waals surface area contributed by atoms with Gasteiger partial charge in [0.15, 0.2) is 0 Å². The molecule has 1 aromatic heterocycles. The molecule has 0 saturated heterocycles. The maximum atomic E-state index is 4.41. The first-order chi connectivity index (χ1) is 7.47. The maximum Gasteiger partial charge on any atom is 0.0739 e. The Morgan fingerprint density at radius 1 is 1.44 bits per heavy atom. The Morgan fingerprint density at radius 3 is 2.44 bits per heavy atom. The van der Waals surface area contributed by atoms with Crippen LogP contribution in [-0.4, -0.2) is 32.6 Å². The monoisotopic (exact) mass is 351 g/mol. The zero-order valence-corrected chi connectivity index (χ0v) is 13.5. The van der Waals surface area contributed by atoms with Crippen LogP contribution in [0.1, 0.15) is 25.2 Å². The lowest BCUT2D eigenvalue weighted by atomic mass is 10.2. The molecule has 0 aromatic carbocycles. The predicted molar refractivity (Wildman–Crippen MR) is 75.0 cm³/mol. The van der Waals surface area contributed by atoms with Crippen molar-refractivity contribution in [3.8, 4) is 0 Å². The van der Waals surface area contributed by atoms with Crippen LogP contribution < -0.4 is 0 Å². The second kappa shape index (κ2) is 6.17. The third kappa shape index (κ3) is 3.31. The Labute approximate surface area is 114 Å². The Balaban J connectivity index is 2.84. The van der Waals surface area contributed by atoms with Gasteiger partial charge in [-0.25, -0.2) is 0 Å². The minimum atomic E-state index is 0.541. The van der Waals surface area contributed by atoms with Gasteiger partial charge in [0, 0.05) is 31.5 Å². The molecule has 0 spiro atoms. The second-order valence-electron chi connectivity index (χ2n) is 4.22. The minimum Gasteiger partial charge on any atom is -0.294 e. The van der Waals surface area contributed by atoms with E-state index >= 15 is 0 Å². The summed E-state index contributed by atoms with van der Waals surface area (Å²) in [6.45, 7) is 8.45. The molecule has 5 heteroatoms. The number of rotatable bonds is 5. The third-order valence-electron chi connectivity index (χ3n) is 2.72. The van der Waals surface area contributed by atoms with Gasteiger partial charge in [-0.2, -0.15) is 5.10 Å². The summed E-state index contributed by atoms with van der Waals surface area (Å²) < 4.78 is 3.10. The van der Waals surface area contributed by atoms with E-state index in [1.165, 1.54) is 5.69 Å². The van der Waals surface area contributed by atoms with Crippen LogP contribution in [0.15, 0.2) is 4.47 Å². The molecular weight excluding hydrogens is 334 g/mol. The second-order valence-corrected chi connectivity index (χ2v) is 5.81. The number of alkyl halides is 1. The fourth-order valence-electron chi connectivity index (χ4n) is 1.67. The highest BCUT2D eigenvalue weighted by atomic mass is 79.9. The van der Waals surface area contributed by atoms with Crippen LogP contribution in [0.25, 0.3) is 0 Å². The van der Waals surface area contributed by atoms with Crippen LogP contribution >= 0.6 is 31.9 Å². The largest absolute Gasteiger partial charge is 0.294 e. The van der Waals surface area contributed by atoms with E-state index < -0.39 is 0 Å². The highest BCUT2D eigenvalue weighted by Gasteiger charge is 2.16. The van der Waals surface area contributed by atoms with Crippen LogP contribution in [-0.2, 0) is 13.6 Å². The summed E-state index contributed by atoms with van der Waals surface area (Å²) >= 11 is 7.11. The first-order valence-electron chi connectivity index (χ1n) is 5.45. The minimum absolute atomic E-state index is 0.541. The number of halogens is 2. The smallest absolute Gasteiger partial charge is 0.0739 e. The lowest BCUT2D eigenvalue weighted by molar-refractivity contribution is 0.221. The van der Waals surface area contributed by atoms with Crippen molar-refractivity contribution in [3.63, 3.8) is 0 Å². The normalized spacial score (nSPS) is 11.8. The van der Waals surface area contributed by atoms with Gasteiger partial charge < -0.3 is 0 Å². The molecule has 0 aliphatic heterocycles. The Bertz CT molecular complexity index is 347. The lowest BCUT2D eigenvalue weighted by Crippen LogP contribution is -2.32. The van der Waals surface area contributed by atoms with Crippen molar-refractivity contribution in [2.75, 3.05) is 11.9 Å². The topological polar surface area (TPSA) is 21.1 Å². The quantitative estimate of drug-likeness (QED) is 0.759. The van der Waals surface area contributed by atoms with Gasteiger partial charge in [0.05, 0.1) is 15.9 Å². The molecule has 0 radical (unpaired) electrons. The summed E-state index contributed by atoms with van der Waals surface area (Å²) in [7, 11) is 2.00. The summed E-state index contributed by atoms with van der Waals surface area (Å²) in [5.74, 6) is 0. The number of nitrogens with zero attached hydrogens (tertiary/aromatic N) is 3. The van der Waals surface area contributed by atoms with E-state index in [9.17, 15) is 0 Å². The first kappa shape index (κ1) is 14.2. The van der Waals surface area contributed by atoms with Crippen molar-refractivity contribution in [3.05, 3.63) is 15.9 Å². The van der Waals surface area contributed by atoms with Crippen molar-refractivity contribution >= 4 is 31.9 Å². The summed E-state index contributed by atoms with van der Waals surface area (Å²) in [5, 5.41) is 5.41. The van der Waals surface area contributed by atoms with E-state index in [0.29, 0.717) is 6.04 Å². The van der Waals surface area contributed by atoms with Crippen LogP contribution in [0.5, 0.6) is 0 Å². The van der Waals surface area contributed by atoms with Gasteiger partial charge in [-0.1, -0.05) is 15.9 Å². The van der Waals surface area contributed by atoms with Gasteiger partial charge in [0.25, 0.3) is 0 Å². The summed E-state index contributed by atoms with van der Waals surface area (Å²) in [4.78, 5) is 2.43. The molecule has 0 unspecified atom stereocenters. The van der Waals surface area contributed by atoms with Crippen molar-refractivity contribution in [2.24, 2.45) is 7.05 Å². The highest BCUT2D eigenvalue weighted by Crippen LogP contribution is 2.22. The Morgan fingerprint density at radius 2 is 2.06 bits per heavy atom. The SMILES string of the molecule is Cc1nn(C)c(CN(CCBr)C(C)C)c1Br. The first-order valence-corrected chi connectivity index (χ1v) is 7.36. The standard InChI is InChI=1S/C11H19Br2N3/c1-8(2)16(6-5-12)7-10-11(13)9(3)14-15(10)4/h8H,5-7H2,1-4H3. The van der Waals surface area contributed by atoms with Crippen molar-refractivity contribution in [1.29, 1.82) is 0 Å². The van der Waals surface area contributed by atoms with Crippen molar-refractivity contribution < 1.29 is 0 Å². The van der Waals surface area contributed by atoms with Crippen LogP contribution in [0.2, 0.25) is 0 Å². The molecule has 1 heterocycles. The van der Waals surface area contributed by atoms with Crippen LogP contribution in [0, 0.1) is 6.92 Å². The molecule has 0 saturated carbocycles. The van der Waals surface area contributed by atoms with E-state index in [-0.39, 0.29) is 0 Å². The maximum absolute atomic E-state index is 4.41. The number of aryl methyl sites for hydroxylation is 2. The van der Waals surface area contributed by atoms with Gasteiger partial charge >= 0.3 is 0 Å². The fourth-order valence-corrected chi connectivity index (χ4v) is 2.59. The number of hydrogen-bond acceptors (Lipinski definition) is 2. The Hall–Kier alpha value is 0.130. The van der Waals surface area contributed by atoms with Gasteiger partial charge in [0.1, 0.15) is 0 Å². The Kier molecular flexibility index (Phi) is 5.47. The molecular formula is C11H19Br2N3. The predicted octanol–water partition coefficient (Wildman–Crippen LogP) is 3.10. The summed E-state index contributed by atoms with van der Waals surface area (Å²) in [6.07, 6.45) is 0. The van der Waals surface area contributed by atoms with Crippen molar-refractivity contribution in [2.45, 2.75) is 33.4 Å². The molecule has 0 aliphatic rings. The molecule has 16 heavy (non-hydrogen) atoms. The average Bonchev–Trinajstić information content (AvgIpc) is 2.43. The molecule has 3 nitrogen and oxygen atoms in total. The van der Waals surface area contributed by atoms with Crippen LogP contribution in [0.3, 0.4) is 0 Å². The van der Waals surface area contributed by atoms with Gasteiger partial charge in [0.2, 0.25) is 0 Å². The summed E-state index contributed by atoms with van der Waals surface area (Å²) in [6, 6.07) is 0.541. The molecule has 1 aromatic rings.